The largest absolute Gasteiger partial charge is 0.397 e. The van der Waals surface area contributed by atoms with Crippen molar-refractivity contribution in [2.24, 2.45) is 0 Å². The predicted molar refractivity (Wildman–Crippen MR) is 127 cm³/mol. The van der Waals surface area contributed by atoms with Crippen LogP contribution in [0.3, 0.4) is 0 Å². The topological polar surface area (TPSA) is 84.2 Å². The minimum Gasteiger partial charge on any atom is -0.397 e. The fraction of sp³-hybridized carbons (Fsp3) is 0.182. The van der Waals surface area contributed by atoms with Crippen LogP contribution in [0.5, 0.6) is 0 Å². The lowest BCUT2D eigenvalue weighted by Crippen LogP contribution is -2.25. The molecule has 2 aromatic carbocycles. The number of hydrogen-bond donors (Lipinski definition) is 3. The third-order valence-corrected chi connectivity index (χ3v) is 6.57. The zero-order valence-corrected chi connectivity index (χ0v) is 18.8. The number of benzene rings is 2. The maximum atomic E-state index is 12.9. The SMILES string of the molecule is Cc1ccc(C(=O)NC2CC2)cc1NC(=O)c1scc(-c2ccc(I)cc2)c1N. The molecule has 1 heterocycles. The molecule has 0 saturated heterocycles. The van der Waals surface area contributed by atoms with Gasteiger partial charge in [-0.2, -0.15) is 0 Å². The Balaban J connectivity index is 1.55. The van der Waals surface area contributed by atoms with Gasteiger partial charge in [-0.25, -0.2) is 0 Å². The molecule has 5 nitrogen and oxygen atoms in total. The van der Waals surface area contributed by atoms with Crippen LogP contribution in [0, 0.1) is 10.5 Å². The molecule has 0 unspecified atom stereocenters. The first-order valence-electron chi connectivity index (χ1n) is 9.28. The lowest BCUT2D eigenvalue weighted by atomic mass is 10.1. The highest BCUT2D eigenvalue weighted by molar-refractivity contribution is 14.1. The van der Waals surface area contributed by atoms with Crippen LogP contribution in [-0.4, -0.2) is 17.9 Å². The van der Waals surface area contributed by atoms with Gasteiger partial charge in [0, 0.05) is 31.8 Å². The third kappa shape index (κ3) is 4.45. The Kier molecular flexibility index (Phi) is 5.60. The quantitative estimate of drug-likeness (QED) is 0.414. The van der Waals surface area contributed by atoms with E-state index in [2.05, 4.69) is 33.2 Å². The molecule has 0 spiro atoms. The highest BCUT2D eigenvalue weighted by atomic mass is 127. The Morgan fingerprint density at radius 1 is 1.10 bits per heavy atom. The minimum absolute atomic E-state index is 0.111. The van der Waals surface area contributed by atoms with Crippen molar-refractivity contribution in [3.8, 4) is 11.1 Å². The Morgan fingerprint density at radius 2 is 1.83 bits per heavy atom. The number of carbonyl (C=O) groups excluding carboxylic acids is 2. The first kappa shape index (κ1) is 19.9. The molecular weight excluding hydrogens is 497 g/mol. The van der Waals surface area contributed by atoms with Gasteiger partial charge in [-0.1, -0.05) is 18.2 Å². The molecule has 0 radical (unpaired) electrons. The van der Waals surface area contributed by atoms with E-state index in [9.17, 15) is 9.59 Å². The summed E-state index contributed by atoms with van der Waals surface area (Å²) in [4.78, 5) is 25.6. The van der Waals surface area contributed by atoms with Crippen LogP contribution in [0.2, 0.25) is 0 Å². The van der Waals surface area contributed by atoms with Crippen molar-refractivity contribution < 1.29 is 9.59 Å². The summed E-state index contributed by atoms with van der Waals surface area (Å²) in [5.41, 5.74) is 10.6. The van der Waals surface area contributed by atoms with E-state index in [1.54, 1.807) is 12.1 Å². The second kappa shape index (κ2) is 8.16. The summed E-state index contributed by atoms with van der Waals surface area (Å²) >= 11 is 3.57. The molecular formula is C22H20IN3O2S. The lowest BCUT2D eigenvalue weighted by molar-refractivity contribution is 0.0949. The molecule has 4 N–H and O–H groups in total. The van der Waals surface area contributed by atoms with Crippen molar-refractivity contribution in [1.82, 2.24) is 5.32 Å². The molecule has 4 rings (SSSR count). The van der Waals surface area contributed by atoms with Gasteiger partial charge < -0.3 is 16.4 Å². The van der Waals surface area contributed by atoms with Gasteiger partial charge in [0.25, 0.3) is 11.8 Å². The number of nitrogens with one attached hydrogen (secondary N) is 2. The second-order valence-corrected chi connectivity index (χ2v) is 9.26. The number of anilines is 2. The van der Waals surface area contributed by atoms with Crippen molar-refractivity contribution >= 4 is 57.1 Å². The van der Waals surface area contributed by atoms with E-state index in [0.29, 0.717) is 21.8 Å². The highest BCUT2D eigenvalue weighted by Crippen LogP contribution is 2.35. The van der Waals surface area contributed by atoms with Crippen LogP contribution in [0.4, 0.5) is 11.4 Å². The number of thiophene rings is 1. The fourth-order valence-electron chi connectivity index (χ4n) is 2.97. The number of carbonyl (C=O) groups is 2. The first-order chi connectivity index (χ1) is 13.9. The zero-order chi connectivity index (χ0) is 20.5. The monoisotopic (exact) mass is 517 g/mol. The Morgan fingerprint density at radius 3 is 2.52 bits per heavy atom. The van der Waals surface area contributed by atoms with Crippen molar-refractivity contribution in [2.75, 3.05) is 11.1 Å². The molecule has 1 aliphatic rings. The number of halogens is 1. The van der Waals surface area contributed by atoms with Crippen LogP contribution in [-0.2, 0) is 0 Å². The van der Waals surface area contributed by atoms with E-state index in [1.807, 2.05) is 42.6 Å². The van der Waals surface area contributed by atoms with Gasteiger partial charge in [-0.3, -0.25) is 9.59 Å². The molecule has 1 aliphatic carbocycles. The summed E-state index contributed by atoms with van der Waals surface area (Å²) in [6.07, 6.45) is 2.06. The number of aryl methyl sites for hydroxylation is 1. The highest BCUT2D eigenvalue weighted by Gasteiger charge is 2.24. The van der Waals surface area contributed by atoms with Crippen LogP contribution < -0.4 is 16.4 Å². The van der Waals surface area contributed by atoms with Gasteiger partial charge in [0.15, 0.2) is 0 Å². The molecule has 0 bridgehead atoms. The molecule has 0 atom stereocenters. The minimum atomic E-state index is -0.271. The summed E-state index contributed by atoms with van der Waals surface area (Å²) in [5.74, 6) is -0.383. The Hall–Kier alpha value is -2.39. The van der Waals surface area contributed by atoms with Gasteiger partial charge in [-0.15, -0.1) is 11.3 Å². The van der Waals surface area contributed by atoms with Crippen molar-refractivity contribution in [2.45, 2.75) is 25.8 Å². The maximum absolute atomic E-state index is 12.9. The van der Waals surface area contributed by atoms with Gasteiger partial charge in [0.2, 0.25) is 0 Å². The van der Waals surface area contributed by atoms with Gasteiger partial charge >= 0.3 is 0 Å². The normalized spacial score (nSPS) is 13.2. The lowest BCUT2D eigenvalue weighted by Gasteiger charge is -2.11. The maximum Gasteiger partial charge on any atom is 0.267 e. The molecule has 2 amide bonds. The Bertz CT molecular complexity index is 1090. The number of nitrogen functional groups attached to an aromatic ring is 1. The van der Waals surface area contributed by atoms with Crippen LogP contribution in [0.15, 0.2) is 47.8 Å². The number of hydrogen-bond acceptors (Lipinski definition) is 4. The van der Waals surface area contributed by atoms with E-state index in [-0.39, 0.29) is 17.9 Å². The third-order valence-electron chi connectivity index (χ3n) is 4.85. The van der Waals surface area contributed by atoms with E-state index in [0.717, 1.165) is 33.1 Å². The van der Waals surface area contributed by atoms with Crippen molar-refractivity contribution in [3.63, 3.8) is 0 Å². The fourth-order valence-corrected chi connectivity index (χ4v) is 4.22. The molecule has 0 aliphatic heterocycles. The standard InChI is InChI=1S/C22H20IN3O2S/c1-12-2-3-14(21(27)25-16-8-9-16)10-18(12)26-22(28)20-19(24)17(11-29-20)13-4-6-15(23)7-5-13/h2-7,10-11,16H,8-9,24H2,1H3,(H,25,27)(H,26,28). The second-order valence-electron chi connectivity index (χ2n) is 7.13. The van der Waals surface area contributed by atoms with E-state index < -0.39 is 0 Å². The average molecular weight is 517 g/mol. The molecule has 148 valence electrons. The number of amides is 2. The summed E-state index contributed by atoms with van der Waals surface area (Å²) in [6, 6.07) is 13.6. The molecule has 1 fully saturated rings. The van der Waals surface area contributed by atoms with Gasteiger partial charge in [0.05, 0.1) is 5.69 Å². The number of nitrogens with two attached hydrogens (primary N) is 1. The smallest absolute Gasteiger partial charge is 0.267 e. The summed E-state index contributed by atoms with van der Waals surface area (Å²) in [5, 5.41) is 7.78. The van der Waals surface area contributed by atoms with Gasteiger partial charge in [0.1, 0.15) is 4.88 Å². The Labute approximate surface area is 186 Å². The van der Waals surface area contributed by atoms with Crippen LogP contribution in [0.1, 0.15) is 38.4 Å². The summed E-state index contributed by atoms with van der Waals surface area (Å²) in [6.45, 7) is 1.90. The van der Waals surface area contributed by atoms with E-state index in [1.165, 1.54) is 11.3 Å². The van der Waals surface area contributed by atoms with E-state index >= 15 is 0 Å². The summed E-state index contributed by atoms with van der Waals surface area (Å²) < 4.78 is 1.14. The first-order valence-corrected chi connectivity index (χ1v) is 11.2. The van der Waals surface area contributed by atoms with E-state index in [4.69, 9.17) is 5.73 Å². The molecule has 29 heavy (non-hydrogen) atoms. The van der Waals surface area contributed by atoms with Crippen molar-refractivity contribution in [3.05, 3.63) is 67.4 Å². The average Bonchev–Trinajstić information content (AvgIpc) is 3.43. The molecule has 1 aromatic heterocycles. The van der Waals surface area contributed by atoms with Gasteiger partial charge in [-0.05, 0) is 77.7 Å². The molecule has 1 saturated carbocycles. The summed E-state index contributed by atoms with van der Waals surface area (Å²) in [7, 11) is 0. The van der Waals surface area contributed by atoms with Crippen LogP contribution >= 0.6 is 33.9 Å². The van der Waals surface area contributed by atoms with Crippen molar-refractivity contribution in [1.29, 1.82) is 0 Å². The zero-order valence-electron chi connectivity index (χ0n) is 15.8. The molecule has 7 heteroatoms. The van der Waals surface area contributed by atoms with Crippen LogP contribution in [0.25, 0.3) is 11.1 Å². The number of rotatable bonds is 5. The molecule has 3 aromatic rings. The predicted octanol–water partition coefficient (Wildman–Crippen LogP) is 5.05.